The van der Waals surface area contributed by atoms with Gasteiger partial charge in [-0.05, 0) is 35.4 Å². The third kappa shape index (κ3) is 4.35. The van der Waals surface area contributed by atoms with Gasteiger partial charge < -0.3 is 5.73 Å². The van der Waals surface area contributed by atoms with E-state index in [1.54, 1.807) is 6.07 Å². The van der Waals surface area contributed by atoms with Gasteiger partial charge in [0, 0.05) is 0 Å². The van der Waals surface area contributed by atoms with Gasteiger partial charge in [-0.3, -0.25) is 4.79 Å². The van der Waals surface area contributed by atoms with Crippen LogP contribution in [0, 0.1) is 5.82 Å². The van der Waals surface area contributed by atoms with Crippen molar-refractivity contribution in [1.29, 1.82) is 0 Å². The summed E-state index contributed by atoms with van der Waals surface area (Å²) >= 11 is 11.9. The van der Waals surface area contributed by atoms with Crippen molar-refractivity contribution in [1.82, 2.24) is 0 Å². The Hall–Kier alpha value is -1.89. The summed E-state index contributed by atoms with van der Waals surface area (Å²) in [6.07, 6.45) is 1.08. The van der Waals surface area contributed by atoms with E-state index < -0.39 is 32.2 Å². The van der Waals surface area contributed by atoms with E-state index in [9.17, 15) is 17.6 Å². The number of amides is 1. The predicted octanol–water partition coefficient (Wildman–Crippen LogP) is 3.57. The molecule has 0 atom stereocenters. The van der Waals surface area contributed by atoms with Crippen molar-refractivity contribution in [2.24, 2.45) is 5.73 Å². The van der Waals surface area contributed by atoms with E-state index in [2.05, 4.69) is 0 Å². The molecule has 0 unspecified atom stereocenters. The van der Waals surface area contributed by atoms with Crippen LogP contribution in [-0.4, -0.2) is 14.3 Å². The molecule has 0 spiro atoms. The number of primary amides is 1. The van der Waals surface area contributed by atoms with Gasteiger partial charge in [-0.1, -0.05) is 47.5 Å². The monoisotopic (exact) mass is 387 g/mol. The molecule has 4 nitrogen and oxygen atoms in total. The maximum Gasteiger partial charge on any atom is 0.260 e. The van der Waals surface area contributed by atoms with Crippen LogP contribution in [0.5, 0.6) is 0 Å². The largest absolute Gasteiger partial charge is 0.365 e. The first-order valence-electron chi connectivity index (χ1n) is 6.63. The van der Waals surface area contributed by atoms with Crippen molar-refractivity contribution in [3.63, 3.8) is 0 Å². The molecule has 0 radical (unpaired) electrons. The van der Waals surface area contributed by atoms with Crippen LogP contribution in [0.15, 0.2) is 47.4 Å². The summed E-state index contributed by atoms with van der Waals surface area (Å²) in [7, 11) is -4.05. The minimum absolute atomic E-state index is 0.106. The van der Waals surface area contributed by atoms with E-state index in [1.165, 1.54) is 24.3 Å². The first kappa shape index (κ1) is 18.4. The molecule has 0 aliphatic heterocycles. The first-order valence-corrected chi connectivity index (χ1v) is 9.04. The summed E-state index contributed by atoms with van der Waals surface area (Å²) in [5, 5.41) is 0.320. The highest BCUT2D eigenvalue weighted by Gasteiger charge is 2.24. The molecule has 8 heteroatoms. The molecule has 0 saturated carbocycles. The number of halogens is 3. The molecule has 0 saturated heterocycles. The van der Waals surface area contributed by atoms with Crippen LogP contribution < -0.4 is 5.73 Å². The van der Waals surface area contributed by atoms with Crippen molar-refractivity contribution in [2.75, 3.05) is 0 Å². The van der Waals surface area contributed by atoms with E-state index in [4.69, 9.17) is 28.9 Å². The average Bonchev–Trinajstić information content (AvgIpc) is 2.50. The molecule has 0 bridgehead atoms. The van der Waals surface area contributed by atoms with Crippen LogP contribution in [0.3, 0.4) is 0 Å². The fraction of sp³-hybridized carbons (Fsp3) is 0.0625. The second-order valence-electron chi connectivity index (χ2n) is 4.90. The van der Waals surface area contributed by atoms with E-state index in [0.29, 0.717) is 5.56 Å². The molecule has 0 aromatic heterocycles. The van der Waals surface area contributed by atoms with Gasteiger partial charge in [-0.2, -0.15) is 0 Å². The zero-order chi connectivity index (χ0) is 17.9. The summed E-state index contributed by atoms with van der Waals surface area (Å²) in [6, 6.07) is 9.49. The Morgan fingerprint density at radius 3 is 2.33 bits per heavy atom. The van der Waals surface area contributed by atoms with Gasteiger partial charge in [0.2, 0.25) is 0 Å². The number of hydrogen-bond acceptors (Lipinski definition) is 3. The number of nitrogens with two attached hydrogens (primary N) is 1. The average molecular weight is 388 g/mol. The Morgan fingerprint density at radius 2 is 1.75 bits per heavy atom. The third-order valence-electron chi connectivity index (χ3n) is 3.12. The summed E-state index contributed by atoms with van der Waals surface area (Å²) < 4.78 is 37.9. The zero-order valence-corrected chi connectivity index (χ0v) is 14.5. The summed E-state index contributed by atoms with van der Waals surface area (Å²) in [5.41, 5.74) is 5.78. The maximum atomic E-state index is 12.9. The van der Waals surface area contributed by atoms with Gasteiger partial charge in [-0.15, -0.1) is 0 Å². The zero-order valence-electron chi connectivity index (χ0n) is 12.2. The van der Waals surface area contributed by atoms with Gasteiger partial charge in [0.1, 0.15) is 10.7 Å². The molecule has 2 N–H and O–H groups in total. The molecule has 0 aliphatic rings. The maximum absolute atomic E-state index is 12.9. The van der Waals surface area contributed by atoms with Gasteiger partial charge in [0.25, 0.3) is 5.91 Å². The van der Waals surface area contributed by atoms with Crippen molar-refractivity contribution < 1.29 is 17.6 Å². The van der Waals surface area contributed by atoms with E-state index >= 15 is 0 Å². The smallest absolute Gasteiger partial charge is 0.260 e. The second kappa shape index (κ2) is 7.34. The minimum atomic E-state index is -4.05. The van der Waals surface area contributed by atoms with Crippen molar-refractivity contribution in [3.05, 3.63) is 74.4 Å². The Morgan fingerprint density at radius 1 is 1.12 bits per heavy atom. The molecule has 1 amide bonds. The molecular weight excluding hydrogens is 376 g/mol. The Labute approximate surface area is 148 Å². The van der Waals surface area contributed by atoms with Crippen molar-refractivity contribution in [2.45, 2.75) is 5.75 Å². The van der Waals surface area contributed by atoms with Gasteiger partial charge in [0.15, 0.2) is 9.84 Å². The highest BCUT2D eigenvalue weighted by molar-refractivity contribution is 7.95. The Balaban J connectivity index is 2.46. The van der Waals surface area contributed by atoms with Crippen LogP contribution in [-0.2, 0) is 20.4 Å². The molecule has 2 aromatic rings. The lowest BCUT2D eigenvalue weighted by Gasteiger charge is -2.08. The fourth-order valence-corrected chi connectivity index (χ4v) is 3.73. The number of hydrogen-bond donors (Lipinski definition) is 1. The standard InChI is InChI=1S/C16H12Cl2FNO3S/c17-13-3-1-2-11(15(13)18)8-14(16(20)21)24(22,23)9-10-4-6-12(19)7-5-10/h1-8H,9H2,(H2,20,21). The SMILES string of the molecule is NC(=O)C(=Cc1cccc(Cl)c1Cl)S(=O)(=O)Cc1ccc(F)cc1. The second-order valence-corrected chi connectivity index (χ2v) is 7.64. The summed E-state index contributed by atoms with van der Waals surface area (Å²) in [6.45, 7) is 0. The molecule has 0 aliphatic carbocycles. The van der Waals surface area contributed by atoms with Crippen LogP contribution in [0.2, 0.25) is 10.0 Å². The van der Waals surface area contributed by atoms with E-state index in [0.717, 1.165) is 18.2 Å². The van der Waals surface area contributed by atoms with Crippen molar-refractivity contribution in [3.8, 4) is 0 Å². The lowest BCUT2D eigenvalue weighted by Crippen LogP contribution is -2.22. The number of rotatable bonds is 5. The predicted molar refractivity (Wildman–Crippen MR) is 92.7 cm³/mol. The molecule has 126 valence electrons. The van der Waals surface area contributed by atoms with Crippen LogP contribution in [0.1, 0.15) is 11.1 Å². The number of sulfone groups is 1. The number of carbonyl (C=O) groups is 1. The fourth-order valence-electron chi connectivity index (χ4n) is 1.97. The highest BCUT2D eigenvalue weighted by atomic mass is 35.5. The van der Waals surface area contributed by atoms with Crippen LogP contribution in [0.4, 0.5) is 4.39 Å². The quantitative estimate of drug-likeness (QED) is 0.796. The van der Waals surface area contributed by atoms with Gasteiger partial charge in [-0.25, -0.2) is 12.8 Å². The normalized spacial score (nSPS) is 12.2. The Kier molecular flexibility index (Phi) is 5.64. The summed E-state index contributed by atoms with van der Waals surface area (Å²) in [5.74, 6) is -2.11. The van der Waals surface area contributed by atoms with Gasteiger partial charge >= 0.3 is 0 Å². The number of benzene rings is 2. The molecule has 2 rings (SSSR count). The number of carbonyl (C=O) groups excluding carboxylic acids is 1. The summed E-state index contributed by atoms with van der Waals surface area (Å²) in [4.78, 5) is 11.0. The molecule has 0 fully saturated rings. The Bertz CT molecular complexity index is 909. The van der Waals surface area contributed by atoms with Crippen LogP contribution in [0.25, 0.3) is 6.08 Å². The van der Waals surface area contributed by atoms with E-state index in [-0.39, 0.29) is 15.6 Å². The van der Waals surface area contributed by atoms with Gasteiger partial charge in [0.05, 0.1) is 15.8 Å². The van der Waals surface area contributed by atoms with Crippen LogP contribution >= 0.6 is 23.2 Å². The van der Waals surface area contributed by atoms with E-state index in [1.807, 2.05) is 0 Å². The first-order chi connectivity index (χ1) is 11.2. The molecular formula is C16H12Cl2FNO3S. The highest BCUT2D eigenvalue weighted by Crippen LogP contribution is 2.28. The molecule has 24 heavy (non-hydrogen) atoms. The molecule has 0 heterocycles. The third-order valence-corrected chi connectivity index (χ3v) is 5.65. The topological polar surface area (TPSA) is 77.2 Å². The lowest BCUT2D eigenvalue weighted by atomic mass is 10.2. The lowest BCUT2D eigenvalue weighted by molar-refractivity contribution is -0.113. The van der Waals surface area contributed by atoms with Crippen molar-refractivity contribution >= 4 is 45.0 Å². The minimum Gasteiger partial charge on any atom is -0.365 e. The molecule has 2 aromatic carbocycles.